The maximum Gasteiger partial charge on any atom is 0.327 e. The highest BCUT2D eigenvalue weighted by atomic mass is 16.2. The van der Waals surface area contributed by atoms with Crippen LogP contribution in [0.3, 0.4) is 0 Å². The molecule has 0 N–H and O–H groups in total. The van der Waals surface area contributed by atoms with E-state index in [0.29, 0.717) is 6.54 Å². The zero-order valence-corrected chi connectivity index (χ0v) is 7.00. The Labute approximate surface area is 65.8 Å². The molecule has 1 aliphatic rings. The number of rotatable bonds is 1. The summed E-state index contributed by atoms with van der Waals surface area (Å²) in [6.07, 6.45) is 0. The van der Waals surface area contributed by atoms with Gasteiger partial charge in [0.1, 0.15) is 6.04 Å². The Bertz CT molecular complexity index is 183. The van der Waals surface area contributed by atoms with E-state index in [1.54, 1.807) is 20.9 Å². The molecule has 62 valence electrons. The molecule has 1 fully saturated rings. The minimum absolute atomic E-state index is 0.0972. The van der Waals surface area contributed by atoms with Crippen LogP contribution in [0.25, 0.3) is 0 Å². The number of imide groups is 1. The Kier molecular flexibility index (Phi) is 1.85. The molecule has 0 aromatic rings. The smallest absolute Gasteiger partial charge is 0.316 e. The van der Waals surface area contributed by atoms with Crippen molar-refractivity contribution in [2.45, 2.75) is 19.9 Å². The summed E-state index contributed by atoms with van der Waals surface area (Å²) in [5.74, 6) is -0.0972. The second-order valence-electron chi connectivity index (χ2n) is 2.65. The van der Waals surface area contributed by atoms with E-state index in [0.717, 1.165) is 0 Å². The Hall–Kier alpha value is -1.06. The number of hydrogen-bond acceptors (Lipinski definition) is 2. The number of hydrogen-bond donors (Lipinski definition) is 0. The van der Waals surface area contributed by atoms with Gasteiger partial charge < -0.3 is 4.90 Å². The van der Waals surface area contributed by atoms with Gasteiger partial charge in [0.15, 0.2) is 0 Å². The summed E-state index contributed by atoms with van der Waals surface area (Å²) in [6, 6.07) is -0.479. The van der Waals surface area contributed by atoms with Gasteiger partial charge in [-0.3, -0.25) is 9.69 Å². The first-order chi connectivity index (χ1) is 5.09. The van der Waals surface area contributed by atoms with Crippen molar-refractivity contribution >= 4 is 11.9 Å². The number of carbonyl (C=O) groups excluding carboxylic acids is 2. The van der Waals surface area contributed by atoms with Gasteiger partial charge in [0.2, 0.25) is 0 Å². The average Bonchev–Trinajstić information content (AvgIpc) is 2.17. The van der Waals surface area contributed by atoms with E-state index >= 15 is 0 Å². The normalized spacial score (nSPS) is 25.2. The molecule has 0 aromatic heterocycles. The number of amides is 3. The quantitative estimate of drug-likeness (QED) is 0.512. The molecule has 0 aromatic carbocycles. The van der Waals surface area contributed by atoms with Crippen LogP contribution in [-0.4, -0.2) is 41.4 Å². The lowest BCUT2D eigenvalue weighted by atomic mass is 10.3. The summed E-state index contributed by atoms with van der Waals surface area (Å²) >= 11 is 0. The number of carbonyl (C=O) groups is 2. The zero-order valence-electron chi connectivity index (χ0n) is 7.00. The van der Waals surface area contributed by atoms with Crippen LogP contribution >= 0.6 is 0 Å². The fourth-order valence-corrected chi connectivity index (χ4v) is 1.13. The monoisotopic (exact) mass is 156 g/mol. The van der Waals surface area contributed by atoms with Crippen molar-refractivity contribution in [1.29, 1.82) is 0 Å². The lowest BCUT2D eigenvalue weighted by molar-refractivity contribution is -0.127. The molecule has 0 saturated carbocycles. The highest BCUT2D eigenvalue weighted by Crippen LogP contribution is 2.13. The van der Waals surface area contributed by atoms with Crippen LogP contribution in [0.4, 0.5) is 4.79 Å². The Balaban J connectivity index is 2.86. The molecule has 1 saturated heterocycles. The van der Waals surface area contributed by atoms with Gasteiger partial charge in [-0.2, -0.15) is 0 Å². The van der Waals surface area contributed by atoms with Crippen LogP contribution in [-0.2, 0) is 4.79 Å². The molecular formula is C7H12N2O2. The minimum Gasteiger partial charge on any atom is -0.316 e. The Morgan fingerprint density at radius 2 is 2.00 bits per heavy atom. The van der Waals surface area contributed by atoms with E-state index in [4.69, 9.17) is 0 Å². The number of urea groups is 1. The molecule has 0 spiro atoms. The maximum atomic E-state index is 11.2. The van der Waals surface area contributed by atoms with Crippen molar-refractivity contribution < 1.29 is 9.59 Å². The molecule has 11 heavy (non-hydrogen) atoms. The van der Waals surface area contributed by atoms with Crippen molar-refractivity contribution in [3.63, 3.8) is 0 Å². The first-order valence-corrected chi connectivity index (χ1v) is 3.67. The molecule has 3 amide bonds. The van der Waals surface area contributed by atoms with Gasteiger partial charge in [0.25, 0.3) is 5.91 Å². The van der Waals surface area contributed by atoms with Gasteiger partial charge in [-0.05, 0) is 13.8 Å². The van der Waals surface area contributed by atoms with Gasteiger partial charge in [-0.25, -0.2) is 4.79 Å². The summed E-state index contributed by atoms with van der Waals surface area (Å²) in [5, 5.41) is 0. The van der Waals surface area contributed by atoms with Crippen LogP contribution in [0.2, 0.25) is 0 Å². The van der Waals surface area contributed by atoms with E-state index in [1.165, 1.54) is 9.80 Å². The van der Waals surface area contributed by atoms with Crippen molar-refractivity contribution in [2.75, 3.05) is 13.6 Å². The van der Waals surface area contributed by atoms with Gasteiger partial charge in [0, 0.05) is 13.6 Å². The molecule has 1 heterocycles. The molecule has 1 aliphatic heterocycles. The van der Waals surface area contributed by atoms with Gasteiger partial charge in [0.05, 0.1) is 0 Å². The van der Waals surface area contributed by atoms with Gasteiger partial charge in [-0.1, -0.05) is 0 Å². The molecule has 4 nitrogen and oxygen atoms in total. The molecule has 4 heteroatoms. The summed E-state index contributed by atoms with van der Waals surface area (Å²) < 4.78 is 0. The Morgan fingerprint density at radius 3 is 2.18 bits per heavy atom. The molecule has 0 radical (unpaired) electrons. The molecule has 1 atom stereocenters. The largest absolute Gasteiger partial charge is 0.327 e. The topological polar surface area (TPSA) is 40.6 Å². The van der Waals surface area contributed by atoms with Crippen molar-refractivity contribution in [1.82, 2.24) is 9.80 Å². The molecule has 1 rings (SSSR count). The van der Waals surface area contributed by atoms with Crippen molar-refractivity contribution in [2.24, 2.45) is 0 Å². The maximum absolute atomic E-state index is 11.2. The van der Waals surface area contributed by atoms with Crippen LogP contribution in [0.1, 0.15) is 13.8 Å². The second-order valence-corrected chi connectivity index (χ2v) is 2.65. The second kappa shape index (κ2) is 2.53. The van der Waals surface area contributed by atoms with E-state index < -0.39 is 0 Å². The van der Waals surface area contributed by atoms with E-state index in [9.17, 15) is 9.59 Å². The van der Waals surface area contributed by atoms with Crippen LogP contribution in [0, 0.1) is 0 Å². The molecule has 1 unspecified atom stereocenters. The fourth-order valence-electron chi connectivity index (χ4n) is 1.13. The summed E-state index contributed by atoms with van der Waals surface area (Å²) in [6.45, 7) is 3.99. The number of likely N-dealkylation sites (N-methyl/N-ethyl adjacent to an activating group) is 2. The Morgan fingerprint density at radius 1 is 1.45 bits per heavy atom. The predicted molar refractivity (Wildman–Crippen MR) is 40.0 cm³/mol. The predicted octanol–water partition coefficient (Wildman–Crippen LogP) is 0.289. The molecule has 0 bridgehead atoms. The molecule has 0 aliphatic carbocycles. The van der Waals surface area contributed by atoms with E-state index in [2.05, 4.69) is 0 Å². The standard InChI is InChI=1S/C7H12N2O2/c1-4-9-6(10)5(2)8(3)7(9)11/h5H,4H2,1-3H3. The van der Waals surface area contributed by atoms with E-state index in [-0.39, 0.29) is 18.0 Å². The minimum atomic E-state index is -0.289. The summed E-state index contributed by atoms with van der Waals surface area (Å²) in [7, 11) is 1.64. The van der Waals surface area contributed by atoms with Crippen LogP contribution < -0.4 is 0 Å². The highest BCUT2D eigenvalue weighted by Gasteiger charge is 2.38. The van der Waals surface area contributed by atoms with Crippen LogP contribution in [0.15, 0.2) is 0 Å². The third kappa shape index (κ3) is 0.982. The van der Waals surface area contributed by atoms with Gasteiger partial charge in [-0.15, -0.1) is 0 Å². The highest BCUT2D eigenvalue weighted by molar-refractivity contribution is 6.03. The summed E-state index contributed by atoms with van der Waals surface area (Å²) in [5.41, 5.74) is 0. The molecular weight excluding hydrogens is 144 g/mol. The number of nitrogens with zero attached hydrogens (tertiary/aromatic N) is 2. The first-order valence-electron chi connectivity index (χ1n) is 3.67. The average molecular weight is 156 g/mol. The van der Waals surface area contributed by atoms with Crippen molar-refractivity contribution in [3.05, 3.63) is 0 Å². The third-order valence-electron chi connectivity index (χ3n) is 2.05. The lowest BCUT2D eigenvalue weighted by Gasteiger charge is -2.10. The van der Waals surface area contributed by atoms with Crippen molar-refractivity contribution in [3.8, 4) is 0 Å². The fraction of sp³-hybridized carbons (Fsp3) is 0.714. The SMILES string of the molecule is CCN1C(=O)C(C)N(C)C1=O. The van der Waals surface area contributed by atoms with E-state index in [1.807, 2.05) is 0 Å². The summed E-state index contributed by atoms with van der Waals surface area (Å²) in [4.78, 5) is 25.1. The van der Waals surface area contributed by atoms with Crippen LogP contribution in [0.5, 0.6) is 0 Å². The third-order valence-corrected chi connectivity index (χ3v) is 2.05. The first kappa shape index (κ1) is 8.04. The lowest BCUT2D eigenvalue weighted by Crippen LogP contribution is -2.31. The van der Waals surface area contributed by atoms with Gasteiger partial charge >= 0.3 is 6.03 Å². The zero-order chi connectivity index (χ0) is 8.59.